The highest BCUT2D eigenvalue weighted by atomic mass is 31.1. The van der Waals surface area contributed by atoms with E-state index in [2.05, 4.69) is 48.5 Å². The number of hydrogen-bond acceptors (Lipinski definition) is 2. The second-order valence-corrected chi connectivity index (χ2v) is 7.08. The highest BCUT2D eigenvalue weighted by Crippen LogP contribution is 2.33. The molecule has 0 aliphatic rings. The highest BCUT2D eigenvalue weighted by molar-refractivity contribution is 7.79. The van der Waals surface area contributed by atoms with Gasteiger partial charge in [0, 0.05) is 11.4 Å². The molecule has 0 aromatic heterocycles. The van der Waals surface area contributed by atoms with Crippen LogP contribution in [0.1, 0.15) is 0 Å². The molecular weight excluding hydrogens is 275 g/mol. The Morgan fingerprint density at radius 1 is 0.524 bits per heavy atom. The maximum atomic E-state index is 5.97. The molecule has 0 bridgehead atoms. The lowest BCUT2D eigenvalue weighted by Gasteiger charge is -2.20. The third-order valence-corrected chi connectivity index (χ3v) is 5.67. The maximum Gasteiger partial charge on any atom is 0.0320 e. The number of nitrogen functional groups attached to an aromatic ring is 2. The quantitative estimate of drug-likeness (QED) is 0.576. The van der Waals surface area contributed by atoms with E-state index in [1.165, 1.54) is 15.9 Å². The van der Waals surface area contributed by atoms with Crippen molar-refractivity contribution in [3.63, 3.8) is 0 Å². The van der Waals surface area contributed by atoms with E-state index in [4.69, 9.17) is 11.5 Å². The Labute approximate surface area is 126 Å². The van der Waals surface area contributed by atoms with Crippen molar-refractivity contribution >= 4 is 35.2 Å². The summed E-state index contributed by atoms with van der Waals surface area (Å²) in [5, 5.41) is 3.77. The Morgan fingerprint density at radius 2 is 1.00 bits per heavy atom. The summed E-state index contributed by atoms with van der Waals surface area (Å²) >= 11 is 0. The third kappa shape index (κ3) is 3.07. The summed E-state index contributed by atoms with van der Waals surface area (Å²) in [6, 6.07) is 26.8. The monoisotopic (exact) mass is 292 g/mol. The van der Waals surface area contributed by atoms with Crippen LogP contribution in [-0.2, 0) is 0 Å². The van der Waals surface area contributed by atoms with Crippen LogP contribution >= 0.6 is 7.92 Å². The number of nitrogens with two attached hydrogens (primary N) is 2. The average molecular weight is 292 g/mol. The fraction of sp³-hybridized carbons (Fsp3) is 0. The largest absolute Gasteiger partial charge is 0.399 e. The van der Waals surface area contributed by atoms with Crippen LogP contribution in [0, 0.1) is 0 Å². The Kier molecular flexibility index (Phi) is 3.89. The number of benzene rings is 3. The molecule has 104 valence electrons. The minimum atomic E-state index is -0.638. The third-order valence-electron chi connectivity index (χ3n) is 3.27. The first-order valence-electron chi connectivity index (χ1n) is 6.80. The van der Waals surface area contributed by atoms with Crippen molar-refractivity contribution in [2.45, 2.75) is 0 Å². The van der Waals surface area contributed by atoms with Crippen molar-refractivity contribution in [3.05, 3.63) is 78.9 Å². The van der Waals surface area contributed by atoms with Gasteiger partial charge in [-0.2, -0.15) is 0 Å². The molecule has 0 radical (unpaired) electrons. The first kappa shape index (κ1) is 13.7. The molecule has 2 nitrogen and oxygen atoms in total. The molecule has 0 saturated carbocycles. The van der Waals surface area contributed by atoms with E-state index >= 15 is 0 Å². The van der Waals surface area contributed by atoms with Crippen molar-refractivity contribution in [2.75, 3.05) is 11.5 Å². The van der Waals surface area contributed by atoms with Gasteiger partial charge in [-0.05, 0) is 48.1 Å². The van der Waals surface area contributed by atoms with Crippen LogP contribution < -0.4 is 27.4 Å². The molecular formula is C18H17N2P. The topological polar surface area (TPSA) is 52.0 Å². The maximum absolute atomic E-state index is 5.97. The second-order valence-electron chi connectivity index (χ2n) is 4.86. The van der Waals surface area contributed by atoms with Gasteiger partial charge >= 0.3 is 0 Å². The predicted molar refractivity (Wildman–Crippen MR) is 94.0 cm³/mol. The van der Waals surface area contributed by atoms with Crippen molar-refractivity contribution in [1.29, 1.82) is 0 Å². The molecule has 0 aliphatic carbocycles. The lowest BCUT2D eigenvalue weighted by Crippen LogP contribution is -2.21. The standard InChI is InChI=1S/C18H17N2P/c19-14-6-4-10-17(12-14)21(16-8-2-1-3-9-16)18-11-5-7-15(20)13-18/h1-13H,19-20H2. The van der Waals surface area contributed by atoms with Gasteiger partial charge in [0.25, 0.3) is 0 Å². The molecule has 3 heteroatoms. The van der Waals surface area contributed by atoms with E-state index in [0.717, 1.165) is 11.4 Å². The molecule has 0 unspecified atom stereocenters. The van der Waals surface area contributed by atoms with Gasteiger partial charge in [-0.25, -0.2) is 0 Å². The fourth-order valence-electron chi connectivity index (χ4n) is 2.35. The summed E-state index contributed by atoms with van der Waals surface area (Å²) in [6.07, 6.45) is 0. The van der Waals surface area contributed by atoms with Gasteiger partial charge < -0.3 is 11.5 Å². The Morgan fingerprint density at radius 3 is 1.48 bits per heavy atom. The molecule has 0 atom stereocenters. The Bertz CT molecular complexity index is 695. The van der Waals surface area contributed by atoms with E-state index in [0.29, 0.717) is 0 Å². The number of hydrogen-bond donors (Lipinski definition) is 2. The zero-order valence-corrected chi connectivity index (χ0v) is 12.5. The van der Waals surface area contributed by atoms with Crippen LogP contribution in [0.15, 0.2) is 78.9 Å². The zero-order chi connectivity index (χ0) is 14.7. The molecule has 21 heavy (non-hydrogen) atoms. The SMILES string of the molecule is Nc1cccc(P(c2ccccc2)c2cccc(N)c2)c1. The average Bonchev–Trinajstić information content (AvgIpc) is 2.49. The van der Waals surface area contributed by atoms with Crippen LogP contribution in [0.5, 0.6) is 0 Å². The Balaban J connectivity index is 2.16. The predicted octanol–water partition coefficient (Wildman–Crippen LogP) is 2.61. The molecule has 3 aromatic carbocycles. The molecule has 0 heterocycles. The van der Waals surface area contributed by atoms with E-state index in [1.54, 1.807) is 0 Å². The van der Waals surface area contributed by atoms with Gasteiger partial charge in [-0.3, -0.25) is 0 Å². The minimum absolute atomic E-state index is 0.638. The van der Waals surface area contributed by atoms with Crippen LogP contribution in [0.2, 0.25) is 0 Å². The van der Waals surface area contributed by atoms with E-state index in [1.807, 2.05) is 30.3 Å². The van der Waals surface area contributed by atoms with Gasteiger partial charge in [-0.15, -0.1) is 0 Å². The molecule has 0 spiro atoms. The van der Waals surface area contributed by atoms with Crippen molar-refractivity contribution in [1.82, 2.24) is 0 Å². The summed E-state index contributed by atoms with van der Waals surface area (Å²) in [6.45, 7) is 0. The summed E-state index contributed by atoms with van der Waals surface area (Å²) in [5.74, 6) is 0. The first-order valence-corrected chi connectivity index (χ1v) is 8.14. The highest BCUT2D eigenvalue weighted by Gasteiger charge is 2.16. The van der Waals surface area contributed by atoms with E-state index < -0.39 is 7.92 Å². The van der Waals surface area contributed by atoms with Gasteiger partial charge in [0.2, 0.25) is 0 Å². The Hall–Kier alpha value is -2.31. The number of rotatable bonds is 3. The smallest absolute Gasteiger partial charge is 0.0320 e. The molecule has 3 rings (SSSR count). The van der Waals surface area contributed by atoms with Crippen molar-refractivity contribution < 1.29 is 0 Å². The van der Waals surface area contributed by atoms with Gasteiger partial charge in [-0.1, -0.05) is 54.6 Å². The molecule has 4 N–H and O–H groups in total. The zero-order valence-electron chi connectivity index (χ0n) is 11.6. The lowest BCUT2D eigenvalue weighted by atomic mass is 10.3. The minimum Gasteiger partial charge on any atom is -0.399 e. The molecule has 0 fully saturated rings. The fourth-order valence-corrected chi connectivity index (χ4v) is 4.74. The van der Waals surface area contributed by atoms with Crippen molar-refractivity contribution in [3.8, 4) is 0 Å². The second kappa shape index (κ2) is 5.99. The van der Waals surface area contributed by atoms with E-state index in [-0.39, 0.29) is 0 Å². The van der Waals surface area contributed by atoms with Crippen LogP contribution in [-0.4, -0.2) is 0 Å². The van der Waals surface area contributed by atoms with E-state index in [9.17, 15) is 0 Å². The molecule has 0 saturated heterocycles. The van der Waals surface area contributed by atoms with Crippen LogP contribution in [0.25, 0.3) is 0 Å². The number of anilines is 2. The van der Waals surface area contributed by atoms with Gasteiger partial charge in [0.1, 0.15) is 0 Å². The molecule has 3 aromatic rings. The summed E-state index contributed by atoms with van der Waals surface area (Å²) in [5.41, 5.74) is 13.5. The van der Waals surface area contributed by atoms with Gasteiger partial charge in [0.05, 0.1) is 0 Å². The summed E-state index contributed by atoms with van der Waals surface area (Å²) < 4.78 is 0. The lowest BCUT2D eigenvalue weighted by molar-refractivity contribution is 1.71. The summed E-state index contributed by atoms with van der Waals surface area (Å²) in [7, 11) is -0.638. The molecule has 0 amide bonds. The first-order chi connectivity index (χ1) is 10.2. The summed E-state index contributed by atoms with van der Waals surface area (Å²) in [4.78, 5) is 0. The van der Waals surface area contributed by atoms with Crippen LogP contribution in [0.3, 0.4) is 0 Å². The molecule has 0 aliphatic heterocycles. The van der Waals surface area contributed by atoms with Crippen molar-refractivity contribution in [2.24, 2.45) is 0 Å². The van der Waals surface area contributed by atoms with Gasteiger partial charge in [0.15, 0.2) is 0 Å². The van der Waals surface area contributed by atoms with Crippen LogP contribution in [0.4, 0.5) is 11.4 Å². The normalized spacial score (nSPS) is 10.7.